The Hall–Kier alpha value is -3.96. The first-order chi connectivity index (χ1) is 18.4. The Morgan fingerprint density at radius 2 is 2.24 bits per heavy atom. The van der Waals surface area contributed by atoms with Crippen molar-refractivity contribution < 1.29 is 28.7 Å². The number of hydrogen-bond donors (Lipinski definition) is 3. The first-order valence-corrected chi connectivity index (χ1v) is 13.7. The van der Waals surface area contributed by atoms with Gasteiger partial charge in [-0.25, -0.2) is 9.78 Å². The first-order valence-electron chi connectivity index (χ1n) is 10.8. The fourth-order valence-electron chi connectivity index (χ4n) is 3.71. The van der Waals surface area contributed by atoms with Crippen LogP contribution in [0, 0.1) is 0 Å². The summed E-state index contributed by atoms with van der Waals surface area (Å²) in [4.78, 5) is 52.1. The zero-order valence-corrected chi connectivity index (χ0v) is 21.9. The number of oxime groups is 1. The minimum Gasteiger partial charge on any atom is -0.477 e. The number of anilines is 1. The number of carbonyl (C=O) groups is 3. The van der Waals surface area contributed by atoms with Gasteiger partial charge in [0.25, 0.3) is 22.9 Å². The average molecular weight is 575 g/mol. The van der Waals surface area contributed by atoms with Crippen LogP contribution in [0.2, 0.25) is 0 Å². The van der Waals surface area contributed by atoms with Crippen LogP contribution in [0.5, 0.6) is 0 Å². The van der Waals surface area contributed by atoms with E-state index in [1.807, 2.05) is 0 Å². The van der Waals surface area contributed by atoms with E-state index in [0.717, 1.165) is 23.1 Å². The minimum atomic E-state index is -1.25. The highest BCUT2D eigenvalue weighted by molar-refractivity contribution is 8.01. The number of fused-ring (bicyclic) bond motifs is 1. The van der Waals surface area contributed by atoms with E-state index in [2.05, 4.69) is 30.6 Å². The van der Waals surface area contributed by atoms with Crippen molar-refractivity contribution in [3.8, 4) is 11.6 Å². The SMILES string of the molecule is CON=C(C(=O)N[C@@H]1C(=O)N2C(C(=O)O)=C(CSc3nnc(-c4ccccn4)o3)CS[C@@H]12)c1csc(N)n1. The molecule has 0 unspecified atom stereocenters. The molecule has 0 spiro atoms. The van der Waals surface area contributed by atoms with E-state index in [9.17, 15) is 19.5 Å². The maximum atomic E-state index is 13.0. The molecule has 0 bridgehead atoms. The molecular formula is C21H18N8O6S3. The Morgan fingerprint density at radius 1 is 1.39 bits per heavy atom. The van der Waals surface area contributed by atoms with Crippen LogP contribution in [0.3, 0.4) is 0 Å². The van der Waals surface area contributed by atoms with E-state index < -0.39 is 29.2 Å². The number of nitrogen functional groups attached to an aromatic ring is 1. The molecule has 3 aromatic rings. The number of nitrogens with one attached hydrogen (secondary N) is 1. The van der Waals surface area contributed by atoms with E-state index in [-0.39, 0.29) is 39.1 Å². The molecule has 2 aliphatic heterocycles. The van der Waals surface area contributed by atoms with Gasteiger partial charge in [-0.15, -0.1) is 33.3 Å². The zero-order valence-electron chi connectivity index (χ0n) is 19.4. The molecule has 196 valence electrons. The van der Waals surface area contributed by atoms with Gasteiger partial charge >= 0.3 is 5.97 Å². The summed E-state index contributed by atoms with van der Waals surface area (Å²) < 4.78 is 5.62. The third-order valence-corrected chi connectivity index (χ3v) is 8.28. The Labute approximate surface area is 226 Å². The predicted molar refractivity (Wildman–Crippen MR) is 138 cm³/mol. The number of carboxylic acids is 1. The van der Waals surface area contributed by atoms with Gasteiger partial charge in [0.1, 0.15) is 35.6 Å². The number of aromatic nitrogens is 4. The quantitative estimate of drug-likeness (QED) is 0.142. The summed E-state index contributed by atoms with van der Waals surface area (Å²) in [5.41, 5.74) is 6.60. The van der Waals surface area contributed by atoms with Crippen LogP contribution in [-0.4, -0.2) is 83.7 Å². The van der Waals surface area contributed by atoms with Crippen LogP contribution in [0.15, 0.2) is 55.8 Å². The summed E-state index contributed by atoms with van der Waals surface area (Å²) in [6, 6.07) is 4.33. The van der Waals surface area contributed by atoms with Crippen molar-refractivity contribution >= 4 is 63.5 Å². The molecule has 4 N–H and O–H groups in total. The van der Waals surface area contributed by atoms with Gasteiger partial charge in [-0.1, -0.05) is 23.0 Å². The summed E-state index contributed by atoms with van der Waals surface area (Å²) in [7, 11) is 1.27. The highest BCUT2D eigenvalue weighted by atomic mass is 32.2. The lowest BCUT2D eigenvalue weighted by Gasteiger charge is -2.49. The normalized spacial score (nSPS) is 19.1. The molecule has 38 heavy (non-hydrogen) atoms. The molecule has 0 radical (unpaired) electrons. The molecule has 0 aliphatic carbocycles. The number of carbonyl (C=O) groups excluding carboxylic acids is 2. The van der Waals surface area contributed by atoms with Gasteiger partial charge in [0.05, 0.1) is 0 Å². The first kappa shape index (κ1) is 25.7. The molecule has 1 saturated heterocycles. The summed E-state index contributed by atoms with van der Waals surface area (Å²) in [5.74, 6) is -1.73. The molecular weight excluding hydrogens is 556 g/mol. The smallest absolute Gasteiger partial charge is 0.352 e. The molecule has 3 aromatic heterocycles. The van der Waals surface area contributed by atoms with E-state index in [0.29, 0.717) is 17.0 Å². The van der Waals surface area contributed by atoms with Crippen LogP contribution >= 0.6 is 34.9 Å². The molecule has 1 fully saturated rings. The molecule has 5 rings (SSSR count). The highest BCUT2D eigenvalue weighted by Gasteiger charge is 2.54. The fraction of sp³-hybridized carbons (Fsp3) is 0.238. The van der Waals surface area contributed by atoms with Crippen LogP contribution in [0.1, 0.15) is 5.69 Å². The maximum absolute atomic E-state index is 13.0. The Kier molecular flexibility index (Phi) is 7.30. The molecule has 17 heteroatoms. The van der Waals surface area contributed by atoms with Gasteiger partial charge in [0.15, 0.2) is 10.8 Å². The number of aliphatic carboxylic acids is 1. The summed E-state index contributed by atoms with van der Waals surface area (Å²) in [6.07, 6.45) is 1.60. The lowest BCUT2D eigenvalue weighted by atomic mass is 10.0. The van der Waals surface area contributed by atoms with Crippen molar-refractivity contribution in [1.82, 2.24) is 30.4 Å². The van der Waals surface area contributed by atoms with Gasteiger partial charge in [0.2, 0.25) is 0 Å². The van der Waals surface area contributed by atoms with Crippen molar-refractivity contribution in [3.63, 3.8) is 0 Å². The lowest BCUT2D eigenvalue weighted by Crippen LogP contribution is -2.71. The molecule has 5 heterocycles. The number of hydrogen-bond acceptors (Lipinski definition) is 14. The number of thioether (sulfide) groups is 2. The number of pyridine rings is 1. The second kappa shape index (κ2) is 10.8. The minimum absolute atomic E-state index is 0.126. The van der Waals surface area contributed by atoms with Gasteiger partial charge in [0, 0.05) is 23.1 Å². The monoisotopic (exact) mass is 574 g/mol. The summed E-state index contributed by atoms with van der Waals surface area (Å²) in [6.45, 7) is 0. The fourth-order valence-corrected chi connectivity index (χ4v) is 6.50. The van der Waals surface area contributed by atoms with E-state index >= 15 is 0 Å². The molecule has 2 atom stereocenters. The van der Waals surface area contributed by atoms with E-state index in [1.165, 1.54) is 29.2 Å². The van der Waals surface area contributed by atoms with Gasteiger partial charge in [-0.05, 0) is 17.7 Å². The number of carboxylic acid groups (broad SMARTS) is 1. The average Bonchev–Trinajstić information content (AvgIpc) is 3.58. The van der Waals surface area contributed by atoms with Crippen molar-refractivity contribution in [1.29, 1.82) is 0 Å². The molecule has 0 saturated carbocycles. The van der Waals surface area contributed by atoms with E-state index in [4.69, 9.17) is 15.0 Å². The zero-order chi connectivity index (χ0) is 26.8. The number of amides is 2. The largest absolute Gasteiger partial charge is 0.477 e. The van der Waals surface area contributed by atoms with Crippen molar-refractivity contribution in [2.75, 3.05) is 24.3 Å². The van der Waals surface area contributed by atoms with Crippen molar-refractivity contribution in [3.05, 3.63) is 46.7 Å². The van der Waals surface area contributed by atoms with Gasteiger partial charge < -0.3 is 25.4 Å². The van der Waals surface area contributed by atoms with Crippen molar-refractivity contribution in [2.24, 2.45) is 5.16 Å². The second-order valence-corrected chi connectivity index (χ2v) is 10.6. The standard InChI is InChI=1S/C21H18N8O6S3/c1-34-28-12(11-8-37-20(22)24-11)15(30)25-13-17(31)29-14(19(32)33)9(6-36-18(13)29)7-38-21-27-26-16(35-21)10-4-2-3-5-23-10/h2-5,8,13,18H,6-7H2,1H3,(H2,22,24)(H,25,30)(H,32,33)/t13-,18+/m1/s1. The topological polar surface area (TPSA) is 199 Å². The third kappa shape index (κ3) is 4.94. The van der Waals surface area contributed by atoms with Crippen LogP contribution in [-0.2, 0) is 19.2 Å². The number of nitrogens with zero attached hydrogens (tertiary/aromatic N) is 6. The number of thiazole rings is 1. The number of β-lactam (4-membered cyclic amide) rings is 1. The Balaban J connectivity index is 1.28. The molecule has 0 aromatic carbocycles. The second-order valence-electron chi connectivity index (χ2n) is 7.69. The molecule has 14 nitrogen and oxygen atoms in total. The van der Waals surface area contributed by atoms with E-state index in [1.54, 1.807) is 24.4 Å². The molecule has 2 aliphatic rings. The summed E-state index contributed by atoms with van der Waals surface area (Å²) >= 11 is 3.61. The van der Waals surface area contributed by atoms with Gasteiger partial charge in [-0.2, -0.15) is 0 Å². The van der Waals surface area contributed by atoms with Crippen LogP contribution in [0.25, 0.3) is 11.6 Å². The Morgan fingerprint density at radius 3 is 2.92 bits per heavy atom. The van der Waals surface area contributed by atoms with Crippen LogP contribution in [0.4, 0.5) is 5.13 Å². The van der Waals surface area contributed by atoms with Gasteiger partial charge in [-0.3, -0.25) is 19.5 Å². The van der Waals surface area contributed by atoms with Crippen molar-refractivity contribution in [2.45, 2.75) is 16.6 Å². The van der Waals surface area contributed by atoms with Crippen LogP contribution < -0.4 is 11.1 Å². The molecule has 2 amide bonds. The maximum Gasteiger partial charge on any atom is 0.352 e. The highest BCUT2D eigenvalue weighted by Crippen LogP contribution is 2.41. The summed E-state index contributed by atoms with van der Waals surface area (Å²) in [5, 5.41) is 25.6. The predicted octanol–water partition coefficient (Wildman–Crippen LogP) is 1.05. The third-order valence-electron chi connectivity index (χ3n) is 5.36. The lowest BCUT2D eigenvalue weighted by molar-refractivity contribution is -0.150. The Bertz CT molecular complexity index is 1460. The number of rotatable bonds is 9. The number of nitrogens with two attached hydrogens (primary N) is 1.